The molecule has 0 aliphatic heterocycles. The Balaban J connectivity index is 1.40. The predicted octanol–water partition coefficient (Wildman–Crippen LogP) is 4.99. The normalized spacial score (nSPS) is 13.1. The first-order valence-corrected chi connectivity index (χ1v) is 13.8. The second-order valence-electron chi connectivity index (χ2n) is 9.76. The summed E-state index contributed by atoms with van der Waals surface area (Å²) in [6.45, 7) is 0.483. The van der Waals surface area contributed by atoms with E-state index < -0.39 is 16.7 Å². The number of methoxy groups -OCH3 is 1. The van der Waals surface area contributed by atoms with E-state index >= 15 is 0 Å². The zero-order valence-electron chi connectivity index (χ0n) is 22.8. The van der Waals surface area contributed by atoms with Crippen molar-refractivity contribution in [1.29, 1.82) is 0 Å². The van der Waals surface area contributed by atoms with E-state index in [1.165, 1.54) is 31.4 Å². The number of nitro groups is 1. The van der Waals surface area contributed by atoms with Crippen LogP contribution in [0.3, 0.4) is 0 Å². The number of nitro benzene ring substituents is 1. The highest BCUT2D eigenvalue weighted by atomic mass is 35.5. The Hall–Kier alpha value is -4.84. The lowest BCUT2D eigenvalue weighted by Gasteiger charge is -2.28. The van der Waals surface area contributed by atoms with Gasteiger partial charge in [0.15, 0.2) is 11.6 Å². The zero-order valence-corrected chi connectivity index (χ0v) is 23.5. The summed E-state index contributed by atoms with van der Waals surface area (Å²) >= 11 is 6.41. The second-order valence-corrected chi connectivity index (χ2v) is 10.2. The highest BCUT2D eigenvalue weighted by Gasteiger charge is 2.31. The maximum atomic E-state index is 13.4. The average molecular weight is 590 g/mol. The first kappa shape index (κ1) is 28.7. The Bertz CT molecular complexity index is 1590. The van der Waals surface area contributed by atoms with Crippen LogP contribution in [0.4, 0.5) is 11.4 Å². The van der Waals surface area contributed by atoms with Crippen LogP contribution in [0, 0.1) is 10.1 Å². The van der Waals surface area contributed by atoms with E-state index in [1.807, 2.05) is 6.07 Å². The molecular formula is C29H28ClN7O5. The molecule has 0 unspecified atom stereocenters. The summed E-state index contributed by atoms with van der Waals surface area (Å²) in [5.74, 6) is 0.0603. The molecule has 0 atom stereocenters. The summed E-state index contributed by atoms with van der Waals surface area (Å²) in [6, 6.07) is 14.2. The molecule has 12 nitrogen and oxygen atoms in total. The topological polar surface area (TPSA) is 145 Å². The molecule has 0 spiro atoms. The predicted molar refractivity (Wildman–Crippen MR) is 156 cm³/mol. The van der Waals surface area contributed by atoms with E-state index in [1.54, 1.807) is 46.2 Å². The highest BCUT2D eigenvalue weighted by molar-refractivity contribution is 6.39. The van der Waals surface area contributed by atoms with Crippen LogP contribution in [-0.2, 0) is 16.1 Å². The number of hydrogen-bond donors (Lipinski definition) is 1. The van der Waals surface area contributed by atoms with Crippen molar-refractivity contribution < 1.29 is 19.2 Å². The summed E-state index contributed by atoms with van der Waals surface area (Å²) in [4.78, 5) is 47.3. The number of nitrogens with one attached hydrogen (secondary N) is 1. The number of aromatic nitrogens is 4. The maximum absolute atomic E-state index is 13.4. The van der Waals surface area contributed by atoms with E-state index in [0.29, 0.717) is 33.7 Å². The number of pyridine rings is 1. The van der Waals surface area contributed by atoms with Crippen molar-refractivity contribution in [1.82, 2.24) is 24.6 Å². The van der Waals surface area contributed by atoms with Crippen LogP contribution in [0.25, 0.3) is 22.8 Å². The monoisotopic (exact) mass is 589 g/mol. The molecule has 1 aliphatic rings. The Morgan fingerprint density at radius 2 is 1.81 bits per heavy atom. The molecule has 2 heterocycles. The summed E-state index contributed by atoms with van der Waals surface area (Å²) in [5.41, 5.74) is 1.67. The van der Waals surface area contributed by atoms with Gasteiger partial charge in [0.1, 0.15) is 5.75 Å². The number of nitrogens with zero attached hydrogens (tertiary/aromatic N) is 6. The number of halogens is 1. The number of ether oxygens (including phenoxy) is 1. The molecule has 2 amide bonds. The van der Waals surface area contributed by atoms with Crippen molar-refractivity contribution in [2.24, 2.45) is 0 Å². The minimum atomic E-state index is -0.811. The van der Waals surface area contributed by atoms with Gasteiger partial charge in [-0.2, -0.15) is 5.10 Å². The third-order valence-corrected chi connectivity index (χ3v) is 7.42. The van der Waals surface area contributed by atoms with E-state index in [-0.39, 0.29) is 24.8 Å². The molecule has 1 saturated carbocycles. The van der Waals surface area contributed by atoms with Crippen molar-refractivity contribution in [3.8, 4) is 28.5 Å². The SMILES string of the molecule is COc1ccc(-c2nc(-c3ccncc3)nn2CCN(C(=O)C(=O)Nc2ccc([N+](=O)[O-])cc2)C2CCCC2)cc1Cl. The van der Waals surface area contributed by atoms with Gasteiger partial charge in [0.25, 0.3) is 5.69 Å². The summed E-state index contributed by atoms with van der Waals surface area (Å²) in [5, 5.41) is 18.7. The fraction of sp³-hybridized carbons (Fsp3) is 0.276. The van der Waals surface area contributed by atoms with Gasteiger partial charge < -0.3 is 15.0 Å². The molecular weight excluding hydrogens is 562 g/mol. The first-order valence-electron chi connectivity index (χ1n) is 13.4. The molecule has 216 valence electrons. The van der Waals surface area contributed by atoms with Crippen molar-refractivity contribution in [2.75, 3.05) is 19.0 Å². The van der Waals surface area contributed by atoms with Crippen LogP contribution in [0.5, 0.6) is 5.75 Å². The van der Waals surface area contributed by atoms with Crippen LogP contribution >= 0.6 is 11.6 Å². The number of hydrogen-bond acceptors (Lipinski definition) is 8. The Labute approximate surface area is 246 Å². The second kappa shape index (κ2) is 12.8. The standard InChI is InChI=1S/C29H28ClN7O5/c1-42-25-11-6-20(18-24(25)30)27-33-26(19-12-14-31-15-13-19)34-36(27)17-16-35(22-4-2-3-5-22)29(39)28(38)32-21-7-9-23(10-8-21)37(40)41/h6-15,18,22H,2-5,16-17H2,1H3,(H,32,38). The molecule has 2 aromatic carbocycles. The smallest absolute Gasteiger partial charge is 0.313 e. The minimum Gasteiger partial charge on any atom is -0.495 e. The first-order chi connectivity index (χ1) is 20.3. The van der Waals surface area contributed by atoms with Crippen LogP contribution in [0.15, 0.2) is 67.0 Å². The Kier molecular flexibility index (Phi) is 8.72. The number of carbonyl (C=O) groups is 2. The van der Waals surface area contributed by atoms with Crippen molar-refractivity contribution in [3.63, 3.8) is 0 Å². The lowest BCUT2D eigenvalue weighted by Crippen LogP contribution is -2.46. The highest BCUT2D eigenvalue weighted by Crippen LogP contribution is 2.31. The number of benzene rings is 2. The average Bonchev–Trinajstić information content (AvgIpc) is 3.69. The van der Waals surface area contributed by atoms with Crippen LogP contribution in [0.2, 0.25) is 5.02 Å². The van der Waals surface area contributed by atoms with E-state index in [2.05, 4.69) is 10.3 Å². The van der Waals surface area contributed by atoms with E-state index in [4.69, 9.17) is 26.4 Å². The Morgan fingerprint density at radius 3 is 2.45 bits per heavy atom. The quantitative estimate of drug-likeness (QED) is 0.163. The summed E-state index contributed by atoms with van der Waals surface area (Å²) in [6.07, 6.45) is 6.81. The van der Waals surface area contributed by atoms with E-state index in [9.17, 15) is 19.7 Å². The van der Waals surface area contributed by atoms with Crippen molar-refractivity contribution in [3.05, 3.63) is 82.1 Å². The number of rotatable bonds is 9. The molecule has 0 saturated heterocycles. The zero-order chi connectivity index (χ0) is 29.6. The number of carbonyl (C=O) groups excluding carboxylic acids is 2. The third-order valence-electron chi connectivity index (χ3n) is 7.13. The summed E-state index contributed by atoms with van der Waals surface area (Å²) in [7, 11) is 1.54. The molecule has 1 fully saturated rings. The van der Waals surface area contributed by atoms with Gasteiger partial charge in [0, 0.05) is 53.9 Å². The van der Waals surface area contributed by atoms with Gasteiger partial charge in [-0.3, -0.25) is 24.7 Å². The number of anilines is 1. The van der Waals surface area contributed by atoms with Crippen LogP contribution in [0.1, 0.15) is 25.7 Å². The maximum Gasteiger partial charge on any atom is 0.313 e. The molecule has 5 rings (SSSR count). The molecule has 0 radical (unpaired) electrons. The molecule has 0 bridgehead atoms. The van der Waals surface area contributed by atoms with Gasteiger partial charge in [-0.15, -0.1) is 0 Å². The van der Waals surface area contributed by atoms with Gasteiger partial charge >= 0.3 is 11.8 Å². The molecule has 13 heteroatoms. The van der Waals surface area contributed by atoms with Crippen LogP contribution < -0.4 is 10.1 Å². The lowest BCUT2D eigenvalue weighted by atomic mass is 10.2. The number of amides is 2. The summed E-state index contributed by atoms with van der Waals surface area (Å²) < 4.78 is 7.00. The molecule has 2 aromatic heterocycles. The molecule has 4 aromatic rings. The molecule has 1 aliphatic carbocycles. The van der Waals surface area contributed by atoms with Crippen LogP contribution in [-0.4, -0.2) is 61.1 Å². The van der Waals surface area contributed by atoms with E-state index in [0.717, 1.165) is 31.2 Å². The van der Waals surface area contributed by atoms with Gasteiger partial charge in [-0.25, -0.2) is 9.67 Å². The Morgan fingerprint density at radius 1 is 1.10 bits per heavy atom. The fourth-order valence-electron chi connectivity index (χ4n) is 4.99. The number of non-ortho nitro benzene ring substituents is 1. The molecule has 42 heavy (non-hydrogen) atoms. The van der Waals surface area contributed by atoms with Gasteiger partial charge in [-0.1, -0.05) is 24.4 Å². The minimum absolute atomic E-state index is 0.0952. The fourth-order valence-corrected chi connectivity index (χ4v) is 5.25. The largest absolute Gasteiger partial charge is 0.495 e. The third kappa shape index (κ3) is 6.39. The lowest BCUT2D eigenvalue weighted by molar-refractivity contribution is -0.384. The van der Waals surface area contributed by atoms with Gasteiger partial charge in [0.05, 0.1) is 23.6 Å². The van der Waals surface area contributed by atoms with Gasteiger partial charge in [0.2, 0.25) is 0 Å². The molecule has 1 N–H and O–H groups in total. The van der Waals surface area contributed by atoms with Crippen molar-refractivity contribution >= 4 is 34.8 Å². The van der Waals surface area contributed by atoms with Crippen molar-refractivity contribution in [2.45, 2.75) is 38.3 Å². The van der Waals surface area contributed by atoms with Gasteiger partial charge in [-0.05, 0) is 55.3 Å².